The molecule has 4 nitrogen and oxygen atoms in total. The minimum Gasteiger partial charge on any atom is -0.491 e. The van der Waals surface area contributed by atoms with Crippen molar-refractivity contribution < 1.29 is 9.53 Å². The quantitative estimate of drug-likeness (QED) is 0.782. The lowest BCUT2D eigenvalue weighted by atomic mass is 10.2. The summed E-state index contributed by atoms with van der Waals surface area (Å²) in [4.78, 5) is 11.1. The molecule has 0 aliphatic heterocycles. The zero-order valence-corrected chi connectivity index (χ0v) is 10.9. The molecule has 1 amide bonds. The zero-order valence-electron chi connectivity index (χ0n) is 10.1. The first kappa shape index (κ1) is 15.7. The lowest BCUT2D eigenvalue weighted by molar-refractivity contribution is -0.122. The number of hydrogen-bond acceptors (Lipinski definition) is 3. The van der Waals surface area contributed by atoms with Crippen LogP contribution in [-0.2, 0) is 4.79 Å². The van der Waals surface area contributed by atoms with Crippen molar-refractivity contribution in [2.45, 2.75) is 19.9 Å². The Labute approximate surface area is 108 Å². The highest BCUT2D eigenvalue weighted by molar-refractivity contribution is 5.85. The molecule has 0 aliphatic carbocycles. The molecule has 1 rings (SSSR count). The predicted octanol–water partition coefficient (Wildman–Crippen LogP) is 1.26. The maximum absolute atomic E-state index is 11.1. The molecule has 0 aliphatic rings. The van der Waals surface area contributed by atoms with Gasteiger partial charge in [-0.25, -0.2) is 0 Å². The van der Waals surface area contributed by atoms with Crippen molar-refractivity contribution in [2.24, 2.45) is 5.73 Å². The first-order valence-electron chi connectivity index (χ1n) is 5.33. The lowest BCUT2D eigenvalue weighted by Crippen LogP contribution is -2.40. The molecule has 0 fully saturated rings. The van der Waals surface area contributed by atoms with Gasteiger partial charge in [-0.05, 0) is 25.5 Å². The van der Waals surface area contributed by atoms with Gasteiger partial charge in [0.15, 0.2) is 0 Å². The van der Waals surface area contributed by atoms with Crippen LogP contribution in [0.4, 0.5) is 0 Å². The molecular formula is C12H19ClN2O2. The summed E-state index contributed by atoms with van der Waals surface area (Å²) in [6.07, 6.45) is 0. The lowest BCUT2D eigenvalue weighted by Gasteiger charge is -2.10. The second kappa shape index (κ2) is 7.92. The molecule has 0 aromatic heterocycles. The third-order valence-electron chi connectivity index (χ3n) is 2.17. The second-order valence-corrected chi connectivity index (χ2v) is 3.69. The third-order valence-corrected chi connectivity index (χ3v) is 2.17. The average molecular weight is 259 g/mol. The van der Waals surface area contributed by atoms with E-state index in [4.69, 9.17) is 10.5 Å². The molecule has 0 bridgehead atoms. The Hall–Kier alpha value is -1.26. The Morgan fingerprint density at radius 2 is 2.12 bits per heavy atom. The Morgan fingerprint density at radius 3 is 2.71 bits per heavy atom. The van der Waals surface area contributed by atoms with Crippen LogP contribution < -0.4 is 15.8 Å². The number of amides is 1. The Morgan fingerprint density at radius 1 is 1.47 bits per heavy atom. The van der Waals surface area contributed by atoms with Crippen molar-refractivity contribution in [3.05, 3.63) is 29.8 Å². The summed E-state index contributed by atoms with van der Waals surface area (Å²) < 4.78 is 5.51. The summed E-state index contributed by atoms with van der Waals surface area (Å²) in [5.74, 6) is 0.686. The number of carbonyl (C=O) groups excluding carboxylic acids is 1. The van der Waals surface area contributed by atoms with E-state index in [9.17, 15) is 4.79 Å². The van der Waals surface area contributed by atoms with Gasteiger partial charge in [0.25, 0.3) is 0 Å². The van der Waals surface area contributed by atoms with Gasteiger partial charge in [-0.3, -0.25) is 4.79 Å². The molecule has 0 saturated heterocycles. The van der Waals surface area contributed by atoms with Crippen molar-refractivity contribution >= 4 is 18.3 Å². The van der Waals surface area contributed by atoms with Gasteiger partial charge in [-0.1, -0.05) is 18.2 Å². The standard InChI is InChI=1S/C12H18N2O2.ClH/c1-9-5-3-4-6-11(9)16-8-7-14-12(15)10(2)13;/h3-6,10H,7-8,13H2,1-2H3,(H,14,15);1H/t10-;/m1./s1. The van der Waals surface area contributed by atoms with Gasteiger partial charge in [-0.2, -0.15) is 0 Å². The maximum Gasteiger partial charge on any atom is 0.236 e. The highest BCUT2D eigenvalue weighted by Crippen LogP contribution is 2.15. The Balaban J connectivity index is 0.00000256. The number of hydrogen-bond donors (Lipinski definition) is 2. The molecule has 5 heteroatoms. The van der Waals surface area contributed by atoms with Crippen LogP contribution in [0.5, 0.6) is 5.75 Å². The van der Waals surface area contributed by atoms with E-state index in [1.54, 1.807) is 6.92 Å². The molecule has 0 unspecified atom stereocenters. The fraction of sp³-hybridized carbons (Fsp3) is 0.417. The van der Waals surface area contributed by atoms with Crippen LogP contribution in [0.1, 0.15) is 12.5 Å². The Bertz CT molecular complexity index is 356. The molecular weight excluding hydrogens is 240 g/mol. The van der Waals surface area contributed by atoms with E-state index in [1.807, 2.05) is 31.2 Å². The first-order valence-corrected chi connectivity index (χ1v) is 5.33. The van der Waals surface area contributed by atoms with Gasteiger partial charge < -0.3 is 15.8 Å². The summed E-state index contributed by atoms with van der Waals surface area (Å²) in [7, 11) is 0. The molecule has 3 N–H and O–H groups in total. The van der Waals surface area contributed by atoms with Gasteiger partial charge >= 0.3 is 0 Å². The Kier molecular flexibility index (Phi) is 7.34. The summed E-state index contributed by atoms with van der Waals surface area (Å²) in [5.41, 5.74) is 6.48. The number of rotatable bonds is 5. The van der Waals surface area contributed by atoms with Gasteiger partial charge in [0.1, 0.15) is 12.4 Å². The van der Waals surface area contributed by atoms with Crippen LogP contribution in [0.15, 0.2) is 24.3 Å². The highest BCUT2D eigenvalue weighted by Gasteiger charge is 2.05. The van der Waals surface area contributed by atoms with Gasteiger partial charge in [0.05, 0.1) is 12.6 Å². The maximum atomic E-state index is 11.1. The molecule has 96 valence electrons. The minimum atomic E-state index is -0.474. The van der Waals surface area contributed by atoms with Crippen LogP contribution in [0.2, 0.25) is 0 Å². The topological polar surface area (TPSA) is 64.3 Å². The van der Waals surface area contributed by atoms with Crippen LogP contribution >= 0.6 is 12.4 Å². The van der Waals surface area contributed by atoms with Gasteiger partial charge in [-0.15, -0.1) is 12.4 Å². The molecule has 0 heterocycles. The fourth-order valence-electron chi connectivity index (χ4n) is 1.21. The van der Waals surface area contributed by atoms with Crippen molar-refractivity contribution in [2.75, 3.05) is 13.2 Å². The summed E-state index contributed by atoms with van der Waals surface area (Å²) >= 11 is 0. The number of carbonyl (C=O) groups is 1. The number of halogens is 1. The first-order chi connectivity index (χ1) is 7.61. The largest absolute Gasteiger partial charge is 0.491 e. The second-order valence-electron chi connectivity index (χ2n) is 3.69. The van der Waals surface area contributed by atoms with Crippen molar-refractivity contribution in [3.8, 4) is 5.75 Å². The fourth-order valence-corrected chi connectivity index (χ4v) is 1.21. The van der Waals surface area contributed by atoms with Gasteiger partial charge in [0.2, 0.25) is 5.91 Å². The SMILES string of the molecule is Cc1ccccc1OCCNC(=O)[C@@H](C)N.Cl. The average Bonchev–Trinajstić information content (AvgIpc) is 2.26. The number of nitrogens with one attached hydrogen (secondary N) is 1. The zero-order chi connectivity index (χ0) is 12.0. The molecule has 1 aromatic rings. The van der Waals surface area contributed by atoms with E-state index < -0.39 is 6.04 Å². The van der Waals surface area contributed by atoms with Crippen LogP contribution in [0.3, 0.4) is 0 Å². The normalized spacial score (nSPS) is 11.2. The number of ether oxygens (including phenoxy) is 1. The third kappa shape index (κ3) is 5.56. The molecule has 0 saturated carbocycles. The van der Waals surface area contributed by atoms with Crippen molar-refractivity contribution in [1.29, 1.82) is 0 Å². The van der Waals surface area contributed by atoms with E-state index >= 15 is 0 Å². The molecule has 0 radical (unpaired) electrons. The number of para-hydroxylation sites is 1. The summed E-state index contributed by atoms with van der Waals surface area (Å²) in [5, 5.41) is 2.68. The monoisotopic (exact) mass is 258 g/mol. The number of nitrogens with two attached hydrogens (primary N) is 1. The minimum absolute atomic E-state index is 0. The van der Waals surface area contributed by atoms with Crippen LogP contribution in [-0.4, -0.2) is 25.1 Å². The van der Waals surface area contributed by atoms with E-state index in [0.29, 0.717) is 13.2 Å². The molecule has 0 spiro atoms. The van der Waals surface area contributed by atoms with Crippen molar-refractivity contribution in [1.82, 2.24) is 5.32 Å². The summed E-state index contributed by atoms with van der Waals surface area (Å²) in [6.45, 7) is 4.55. The molecule has 17 heavy (non-hydrogen) atoms. The highest BCUT2D eigenvalue weighted by atomic mass is 35.5. The molecule has 1 aromatic carbocycles. The van der Waals surface area contributed by atoms with E-state index in [2.05, 4.69) is 5.32 Å². The van der Waals surface area contributed by atoms with E-state index in [-0.39, 0.29) is 18.3 Å². The van der Waals surface area contributed by atoms with Gasteiger partial charge in [0, 0.05) is 0 Å². The van der Waals surface area contributed by atoms with Crippen LogP contribution in [0.25, 0.3) is 0 Å². The summed E-state index contributed by atoms with van der Waals surface area (Å²) in [6, 6.07) is 7.29. The number of benzene rings is 1. The van der Waals surface area contributed by atoms with Crippen LogP contribution in [0, 0.1) is 6.92 Å². The molecule has 1 atom stereocenters. The van der Waals surface area contributed by atoms with Crippen molar-refractivity contribution in [3.63, 3.8) is 0 Å². The number of aryl methyl sites for hydroxylation is 1. The predicted molar refractivity (Wildman–Crippen MR) is 70.6 cm³/mol. The van der Waals surface area contributed by atoms with E-state index in [1.165, 1.54) is 0 Å². The smallest absolute Gasteiger partial charge is 0.236 e. The van der Waals surface area contributed by atoms with E-state index in [0.717, 1.165) is 11.3 Å².